The van der Waals surface area contributed by atoms with Crippen LogP contribution in [0, 0.1) is 0 Å². The van der Waals surface area contributed by atoms with Crippen LogP contribution >= 0.6 is 11.6 Å². The SMILES string of the molecule is C=CC(=N/C(=C\C)OC)c1nnc(NS(=O)(=O)[C@H](C)[C@H](OC)c2ncc(Cl)cn2)n1-c1c(OC)cccc1OC. The van der Waals surface area contributed by atoms with Crippen LogP contribution in [0.15, 0.2) is 60.2 Å². The van der Waals surface area contributed by atoms with Crippen LogP contribution in [0.4, 0.5) is 5.95 Å². The second kappa shape index (κ2) is 13.4. The number of rotatable bonds is 13. The minimum Gasteiger partial charge on any atom is -0.494 e. The van der Waals surface area contributed by atoms with Gasteiger partial charge in [-0.05, 0) is 38.1 Å². The highest BCUT2D eigenvalue weighted by molar-refractivity contribution is 7.93. The van der Waals surface area contributed by atoms with Gasteiger partial charge in [0, 0.05) is 19.5 Å². The first-order chi connectivity index (χ1) is 19.1. The number of aliphatic imine (C=N–C) groups is 1. The van der Waals surface area contributed by atoms with Crippen molar-refractivity contribution in [1.82, 2.24) is 24.7 Å². The Kier molecular flexibility index (Phi) is 10.2. The average molecular weight is 592 g/mol. The molecule has 40 heavy (non-hydrogen) atoms. The Hall–Kier alpha value is -4.01. The van der Waals surface area contributed by atoms with Gasteiger partial charge in [0.1, 0.15) is 34.3 Å². The van der Waals surface area contributed by atoms with E-state index in [4.69, 9.17) is 30.5 Å². The van der Waals surface area contributed by atoms with Gasteiger partial charge in [-0.1, -0.05) is 24.2 Å². The fourth-order valence-electron chi connectivity index (χ4n) is 3.67. The largest absolute Gasteiger partial charge is 0.494 e. The molecule has 3 rings (SSSR count). The molecule has 1 aromatic carbocycles. The minimum absolute atomic E-state index is 0.129. The number of nitrogens with one attached hydrogen (secondary N) is 1. The summed E-state index contributed by atoms with van der Waals surface area (Å²) in [7, 11) is 1.56. The average Bonchev–Trinajstić information content (AvgIpc) is 3.36. The fraction of sp³-hybridized carbons (Fsp3) is 0.320. The molecule has 2 heterocycles. The Morgan fingerprint density at radius 3 is 2.25 bits per heavy atom. The number of aromatic nitrogens is 5. The fourth-order valence-corrected chi connectivity index (χ4v) is 4.90. The second-order valence-corrected chi connectivity index (χ2v) is 10.5. The smallest absolute Gasteiger partial charge is 0.243 e. The van der Waals surface area contributed by atoms with Crippen LogP contribution in [-0.4, -0.2) is 72.6 Å². The Morgan fingerprint density at radius 1 is 1.12 bits per heavy atom. The normalized spacial score (nSPS) is 13.9. The van der Waals surface area contributed by atoms with E-state index in [0.29, 0.717) is 22.2 Å². The van der Waals surface area contributed by atoms with E-state index >= 15 is 0 Å². The van der Waals surface area contributed by atoms with E-state index in [2.05, 4.69) is 36.5 Å². The van der Waals surface area contributed by atoms with E-state index in [1.165, 1.54) is 58.4 Å². The number of para-hydroxylation sites is 1. The van der Waals surface area contributed by atoms with Gasteiger partial charge in [0.25, 0.3) is 0 Å². The van der Waals surface area contributed by atoms with Crippen molar-refractivity contribution >= 4 is 33.3 Å². The first kappa shape index (κ1) is 30.5. The first-order valence-electron chi connectivity index (χ1n) is 11.8. The lowest BCUT2D eigenvalue weighted by molar-refractivity contribution is 0.0950. The molecule has 15 heteroatoms. The molecule has 0 aliphatic rings. The molecule has 214 valence electrons. The number of sulfonamides is 1. The van der Waals surface area contributed by atoms with Crippen LogP contribution in [0.3, 0.4) is 0 Å². The number of anilines is 1. The lowest BCUT2D eigenvalue weighted by Gasteiger charge is -2.22. The minimum atomic E-state index is -4.20. The maximum Gasteiger partial charge on any atom is 0.243 e. The zero-order valence-corrected chi connectivity index (χ0v) is 24.4. The molecule has 0 aliphatic heterocycles. The number of hydrogen-bond donors (Lipinski definition) is 1. The first-order valence-corrected chi connectivity index (χ1v) is 13.7. The molecule has 0 saturated carbocycles. The second-order valence-electron chi connectivity index (χ2n) is 7.99. The third kappa shape index (κ3) is 6.41. The molecule has 0 saturated heterocycles. The third-order valence-corrected chi connectivity index (χ3v) is 7.58. The number of ether oxygens (including phenoxy) is 4. The Balaban J connectivity index is 2.21. The van der Waals surface area contributed by atoms with Crippen molar-refractivity contribution in [3.63, 3.8) is 0 Å². The summed E-state index contributed by atoms with van der Waals surface area (Å²) in [4.78, 5) is 12.7. The van der Waals surface area contributed by atoms with Crippen molar-refractivity contribution in [2.24, 2.45) is 4.99 Å². The number of methoxy groups -OCH3 is 4. The van der Waals surface area contributed by atoms with Gasteiger partial charge in [-0.3, -0.25) is 9.29 Å². The molecule has 0 aliphatic carbocycles. The molecule has 3 aromatic rings. The van der Waals surface area contributed by atoms with Gasteiger partial charge in [-0.15, -0.1) is 10.2 Å². The lowest BCUT2D eigenvalue weighted by Crippen LogP contribution is -2.33. The molecule has 0 spiro atoms. The van der Waals surface area contributed by atoms with Gasteiger partial charge < -0.3 is 18.9 Å². The summed E-state index contributed by atoms with van der Waals surface area (Å²) in [5.74, 6) is 1.06. The van der Waals surface area contributed by atoms with E-state index < -0.39 is 21.4 Å². The highest BCUT2D eigenvalue weighted by atomic mass is 35.5. The summed E-state index contributed by atoms with van der Waals surface area (Å²) in [6, 6.07) is 5.08. The lowest BCUT2D eigenvalue weighted by atomic mass is 10.2. The van der Waals surface area contributed by atoms with Gasteiger partial charge in [0.05, 0.1) is 26.4 Å². The summed E-state index contributed by atoms with van der Waals surface area (Å²) < 4.78 is 53.1. The molecule has 0 radical (unpaired) electrons. The predicted octanol–water partition coefficient (Wildman–Crippen LogP) is 3.73. The summed E-state index contributed by atoms with van der Waals surface area (Å²) >= 11 is 5.89. The Bertz CT molecular complexity index is 1480. The van der Waals surface area contributed by atoms with Gasteiger partial charge >= 0.3 is 0 Å². The summed E-state index contributed by atoms with van der Waals surface area (Å²) in [5, 5.41) is 7.49. The maximum atomic E-state index is 13.7. The van der Waals surface area contributed by atoms with Crippen molar-refractivity contribution in [2.45, 2.75) is 25.2 Å². The number of allylic oxidation sites excluding steroid dienone is 2. The maximum absolute atomic E-state index is 13.7. The Morgan fingerprint density at radius 2 is 1.75 bits per heavy atom. The number of hydrogen-bond acceptors (Lipinski definition) is 11. The van der Waals surface area contributed by atoms with E-state index in [1.807, 2.05) is 0 Å². The summed E-state index contributed by atoms with van der Waals surface area (Å²) in [5.41, 5.74) is 0.550. The highest BCUT2D eigenvalue weighted by Crippen LogP contribution is 2.36. The van der Waals surface area contributed by atoms with Crippen LogP contribution in [0.5, 0.6) is 11.5 Å². The number of nitrogens with zero attached hydrogens (tertiary/aromatic N) is 6. The summed E-state index contributed by atoms with van der Waals surface area (Å²) in [6.45, 7) is 7.03. The van der Waals surface area contributed by atoms with Crippen molar-refractivity contribution < 1.29 is 27.4 Å². The summed E-state index contributed by atoms with van der Waals surface area (Å²) in [6.07, 6.45) is 4.76. The number of halogens is 1. The third-order valence-electron chi connectivity index (χ3n) is 5.70. The van der Waals surface area contributed by atoms with Gasteiger partial charge in [-0.2, -0.15) is 0 Å². The molecule has 0 fully saturated rings. The monoisotopic (exact) mass is 591 g/mol. The predicted molar refractivity (Wildman–Crippen MR) is 151 cm³/mol. The quantitative estimate of drug-likeness (QED) is 0.230. The van der Waals surface area contributed by atoms with E-state index in [9.17, 15) is 8.42 Å². The highest BCUT2D eigenvalue weighted by Gasteiger charge is 2.35. The van der Waals surface area contributed by atoms with Crippen LogP contribution < -0.4 is 14.2 Å². The van der Waals surface area contributed by atoms with Crippen LogP contribution in [0.1, 0.15) is 31.6 Å². The van der Waals surface area contributed by atoms with Crippen LogP contribution in [0.2, 0.25) is 5.02 Å². The number of benzene rings is 1. The molecular formula is C25H30ClN7O6S. The molecule has 1 N–H and O–H groups in total. The molecule has 0 unspecified atom stereocenters. The molecule has 0 amide bonds. The van der Waals surface area contributed by atoms with Gasteiger partial charge in [0.2, 0.25) is 21.9 Å². The van der Waals surface area contributed by atoms with E-state index in [0.717, 1.165) is 0 Å². The van der Waals surface area contributed by atoms with E-state index in [1.54, 1.807) is 31.2 Å². The van der Waals surface area contributed by atoms with Gasteiger partial charge in [0.15, 0.2) is 11.6 Å². The molecular weight excluding hydrogens is 562 g/mol. The molecule has 2 aromatic heterocycles. The Labute approximate surface area is 237 Å². The molecule has 2 atom stereocenters. The molecule has 13 nitrogen and oxygen atoms in total. The van der Waals surface area contributed by atoms with Gasteiger partial charge in [-0.25, -0.2) is 23.4 Å². The van der Waals surface area contributed by atoms with Crippen LogP contribution in [-0.2, 0) is 19.5 Å². The van der Waals surface area contributed by atoms with E-state index in [-0.39, 0.29) is 29.2 Å². The standard InChI is InChI=1S/C25H30ClN7O6S/c1-8-17(29-20(9-2)38-6)24-30-31-25(33(24)21-18(36-4)11-10-12-19(21)37-5)32-40(34,35)15(3)22(39-7)23-27-13-16(26)14-28-23/h8-15,22H,1H2,2-7H3,(H,31,32)/b20-9+,29-17?/t15-,22+/m1/s1. The topological polar surface area (TPSA) is 152 Å². The van der Waals surface area contributed by atoms with Crippen molar-refractivity contribution in [3.05, 3.63) is 71.9 Å². The zero-order valence-electron chi connectivity index (χ0n) is 22.8. The zero-order chi connectivity index (χ0) is 29.4. The van der Waals surface area contributed by atoms with Crippen LogP contribution in [0.25, 0.3) is 5.69 Å². The van der Waals surface area contributed by atoms with Crippen molar-refractivity contribution in [3.8, 4) is 17.2 Å². The van der Waals surface area contributed by atoms with Crippen molar-refractivity contribution in [2.75, 3.05) is 33.2 Å². The van der Waals surface area contributed by atoms with Crippen molar-refractivity contribution in [1.29, 1.82) is 0 Å². The molecule has 0 bridgehead atoms.